The lowest BCUT2D eigenvalue weighted by Crippen LogP contribution is -2.45. The van der Waals surface area contributed by atoms with Crippen LogP contribution in [0.25, 0.3) is 6.08 Å². The van der Waals surface area contributed by atoms with E-state index in [9.17, 15) is 14.4 Å². The Kier molecular flexibility index (Phi) is 6.28. The number of carbonyl (C=O) groups excluding carboxylic acids is 3. The minimum absolute atomic E-state index is 0.240. The maximum Gasteiger partial charge on any atom is 0.262 e. The molecule has 0 spiro atoms. The van der Waals surface area contributed by atoms with Gasteiger partial charge in [0.15, 0.2) is 0 Å². The molecule has 0 aliphatic carbocycles. The highest BCUT2D eigenvalue weighted by molar-refractivity contribution is 5.97. The molecule has 3 amide bonds. The minimum atomic E-state index is -0.527. The van der Waals surface area contributed by atoms with Gasteiger partial charge in [0, 0.05) is 11.6 Å². The van der Waals surface area contributed by atoms with Gasteiger partial charge in [-0.05, 0) is 23.8 Å². The summed E-state index contributed by atoms with van der Waals surface area (Å²) in [6, 6.07) is 17.8. The average Bonchev–Trinajstić information content (AvgIpc) is 2.64. The summed E-state index contributed by atoms with van der Waals surface area (Å²) in [4.78, 5) is 34.9. The topological polar surface area (TPSA) is 87.3 Å². The third kappa shape index (κ3) is 5.76. The Morgan fingerprint density at radius 3 is 2.12 bits per heavy atom. The maximum absolute atomic E-state index is 11.8. The van der Waals surface area contributed by atoms with Crippen LogP contribution in [0.15, 0.2) is 66.7 Å². The van der Waals surface area contributed by atoms with Crippen molar-refractivity contribution < 1.29 is 14.4 Å². The first-order chi connectivity index (χ1) is 11.6. The third-order valence-electron chi connectivity index (χ3n) is 3.00. The van der Waals surface area contributed by atoms with Gasteiger partial charge in [-0.15, -0.1) is 0 Å². The predicted molar refractivity (Wildman–Crippen MR) is 90.5 cm³/mol. The molecule has 2 aromatic rings. The van der Waals surface area contributed by atoms with E-state index in [1.54, 1.807) is 36.4 Å². The minimum Gasteiger partial charge on any atom is -0.343 e. The molecule has 122 valence electrons. The number of hydrogen-bond acceptors (Lipinski definition) is 3. The number of amides is 3. The second-order valence-corrected chi connectivity index (χ2v) is 4.83. The summed E-state index contributed by atoms with van der Waals surface area (Å²) >= 11 is 0. The Balaban J connectivity index is 1.70. The van der Waals surface area contributed by atoms with Crippen molar-refractivity contribution in [1.29, 1.82) is 0 Å². The van der Waals surface area contributed by atoms with Crippen molar-refractivity contribution in [1.82, 2.24) is 16.2 Å². The second kappa shape index (κ2) is 8.89. The van der Waals surface area contributed by atoms with Crippen LogP contribution in [0.1, 0.15) is 15.9 Å². The van der Waals surface area contributed by atoms with Gasteiger partial charge in [0.25, 0.3) is 17.7 Å². The molecule has 0 fully saturated rings. The number of nitrogens with one attached hydrogen (secondary N) is 3. The molecule has 0 bridgehead atoms. The molecule has 6 nitrogen and oxygen atoms in total. The van der Waals surface area contributed by atoms with Crippen LogP contribution in [0.5, 0.6) is 0 Å². The van der Waals surface area contributed by atoms with Crippen molar-refractivity contribution in [3.05, 3.63) is 77.9 Å². The molecule has 0 radical (unpaired) electrons. The third-order valence-corrected chi connectivity index (χ3v) is 3.00. The summed E-state index contributed by atoms with van der Waals surface area (Å²) in [7, 11) is 0. The van der Waals surface area contributed by atoms with Crippen molar-refractivity contribution in [2.45, 2.75) is 0 Å². The molecular formula is C18H17N3O3. The summed E-state index contributed by atoms with van der Waals surface area (Å²) < 4.78 is 0. The molecule has 24 heavy (non-hydrogen) atoms. The highest BCUT2D eigenvalue weighted by atomic mass is 16.2. The molecular weight excluding hydrogens is 306 g/mol. The second-order valence-electron chi connectivity index (χ2n) is 4.83. The zero-order valence-electron chi connectivity index (χ0n) is 12.9. The van der Waals surface area contributed by atoms with Gasteiger partial charge in [-0.3, -0.25) is 25.2 Å². The lowest BCUT2D eigenvalue weighted by molar-refractivity contribution is -0.126. The monoisotopic (exact) mass is 323 g/mol. The van der Waals surface area contributed by atoms with E-state index in [-0.39, 0.29) is 12.5 Å². The summed E-state index contributed by atoms with van der Waals surface area (Å²) in [5.74, 6) is -1.36. The van der Waals surface area contributed by atoms with Gasteiger partial charge in [0.05, 0.1) is 6.54 Å². The van der Waals surface area contributed by atoms with Crippen LogP contribution in [0.2, 0.25) is 0 Å². The van der Waals surface area contributed by atoms with Gasteiger partial charge in [-0.2, -0.15) is 0 Å². The number of rotatable bonds is 5. The van der Waals surface area contributed by atoms with Crippen molar-refractivity contribution in [3.8, 4) is 0 Å². The molecule has 0 aromatic heterocycles. The van der Waals surface area contributed by atoms with Crippen molar-refractivity contribution in [2.75, 3.05) is 6.54 Å². The average molecular weight is 323 g/mol. The molecule has 0 saturated carbocycles. The Bertz CT molecular complexity index is 728. The molecule has 3 N–H and O–H groups in total. The number of hydrogen-bond donors (Lipinski definition) is 3. The first-order valence-electron chi connectivity index (χ1n) is 7.30. The fourth-order valence-electron chi connectivity index (χ4n) is 1.81. The van der Waals surface area contributed by atoms with Crippen LogP contribution in [0.4, 0.5) is 0 Å². The first-order valence-corrected chi connectivity index (χ1v) is 7.30. The number of benzene rings is 2. The van der Waals surface area contributed by atoms with Gasteiger partial charge >= 0.3 is 0 Å². The summed E-state index contributed by atoms with van der Waals surface area (Å²) in [5.41, 5.74) is 5.79. The maximum atomic E-state index is 11.8. The fraction of sp³-hybridized carbons (Fsp3) is 0.0556. The van der Waals surface area contributed by atoms with Gasteiger partial charge < -0.3 is 5.32 Å². The van der Waals surface area contributed by atoms with Crippen LogP contribution in [-0.2, 0) is 9.59 Å². The molecule has 0 aliphatic heterocycles. The zero-order valence-corrected chi connectivity index (χ0v) is 12.9. The first kappa shape index (κ1) is 17.0. The zero-order chi connectivity index (χ0) is 17.2. The summed E-state index contributed by atoms with van der Waals surface area (Å²) in [5, 5.41) is 2.46. The number of carbonyl (C=O) groups is 3. The quantitative estimate of drug-likeness (QED) is 0.572. The summed E-state index contributed by atoms with van der Waals surface area (Å²) in [6.45, 7) is -0.240. The van der Waals surface area contributed by atoms with E-state index in [0.717, 1.165) is 5.56 Å². The van der Waals surface area contributed by atoms with Crippen LogP contribution >= 0.6 is 0 Å². The van der Waals surface area contributed by atoms with E-state index < -0.39 is 11.8 Å². The Morgan fingerprint density at radius 2 is 1.46 bits per heavy atom. The normalized spacial score (nSPS) is 10.2. The molecule has 0 saturated heterocycles. The van der Waals surface area contributed by atoms with E-state index in [1.807, 2.05) is 30.3 Å². The van der Waals surface area contributed by atoms with E-state index in [1.165, 1.54) is 6.08 Å². The molecule has 2 rings (SSSR count). The standard InChI is InChI=1S/C18H17N3O3/c22-16(12-11-14-7-3-1-4-8-14)20-21-17(23)13-19-18(24)15-9-5-2-6-10-15/h1-12H,13H2,(H,19,24)(H,20,22)(H,21,23)/b12-11+. The number of hydrazine groups is 1. The highest BCUT2D eigenvalue weighted by Gasteiger charge is 2.07. The van der Waals surface area contributed by atoms with Crippen molar-refractivity contribution in [2.24, 2.45) is 0 Å². The van der Waals surface area contributed by atoms with Crippen LogP contribution in [0, 0.1) is 0 Å². The van der Waals surface area contributed by atoms with E-state index in [2.05, 4.69) is 16.2 Å². The Hall–Kier alpha value is -3.41. The molecule has 0 heterocycles. The lowest BCUT2D eigenvalue weighted by Gasteiger charge is -2.07. The Morgan fingerprint density at radius 1 is 0.833 bits per heavy atom. The molecule has 0 unspecified atom stereocenters. The van der Waals surface area contributed by atoms with E-state index in [0.29, 0.717) is 5.56 Å². The molecule has 6 heteroatoms. The SMILES string of the molecule is O=C(/C=C/c1ccccc1)NNC(=O)CNC(=O)c1ccccc1. The Labute approximate surface area is 139 Å². The van der Waals surface area contributed by atoms with Gasteiger partial charge in [0.2, 0.25) is 0 Å². The van der Waals surface area contributed by atoms with Crippen LogP contribution in [0.3, 0.4) is 0 Å². The van der Waals surface area contributed by atoms with Crippen LogP contribution in [-0.4, -0.2) is 24.3 Å². The van der Waals surface area contributed by atoms with E-state index in [4.69, 9.17) is 0 Å². The van der Waals surface area contributed by atoms with E-state index >= 15 is 0 Å². The summed E-state index contributed by atoms with van der Waals surface area (Å²) in [6.07, 6.45) is 2.93. The lowest BCUT2D eigenvalue weighted by atomic mass is 10.2. The molecule has 2 aromatic carbocycles. The van der Waals surface area contributed by atoms with Gasteiger partial charge in [-0.1, -0.05) is 48.5 Å². The fourth-order valence-corrected chi connectivity index (χ4v) is 1.81. The smallest absolute Gasteiger partial charge is 0.262 e. The molecule has 0 aliphatic rings. The van der Waals surface area contributed by atoms with Crippen molar-refractivity contribution in [3.63, 3.8) is 0 Å². The van der Waals surface area contributed by atoms with Crippen molar-refractivity contribution >= 4 is 23.8 Å². The highest BCUT2D eigenvalue weighted by Crippen LogP contribution is 2.00. The van der Waals surface area contributed by atoms with Gasteiger partial charge in [0.1, 0.15) is 0 Å². The van der Waals surface area contributed by atoms with Crippen LogP contribution < -0.4 is 16.2 Å². The largest absolute Gasteiger partial charge is 0.343 e. The van der Waals surface area contributed by atoms with Gasteiger partial charge in [-0.25, -0.2) is 0 Å². The molecule has 0 atom stereocenters. The predicted octanol–water partition coefficient (Wildman–Crippen LogP) is 1.28.